The van der Waals surface area contributed by atoms with E-state index in [1.807, 2.05) is 53.5 Å². The summed E-state index contributed by atoms with van der Waals surface area (Å²) in [5.41, 5.74) is 2.75. The normalized spacial score (nSPS) is 19.0. The molecule has 1 atom stereocenters. The van der Waals surface area contributed by atoms with Crippen molar-refractivity contribution in [1.29, 1.82) is 5.26 Å². The highest BCUT2D eigenvalue weighted by Crippen LogP contribution is 2.35. The monoisotopic (exact) mass is 679 g/mol. The Morgan fingerprint density at radius 3 is 2.52 bits per heavy atom. The van der Waals surface area contributed by atoms with E-state index in [0.717, 1.165) is 75.2 Å². The summed E-state index contributed by atoms with van der Waals surface area (Å²) >= 11 is 0. The third-order valence-electron chi connectivity index (χ3n) is 8.86. The molecule has 4 aromatic rings. The van der Waals surface area contributed by atoms with Gasteiger partial charge in [-0.05, 0) is 66.0 Å². The van der Waals surface area contributed by atoms with Gasteiger partial charge in [-0.3, -0.25) is 9.58 Å². The van der Waals surface area contributed by atoms with Crippen LogP contribution in [0.15, 0.2) is 43.1 Å². The number of rotatable bonds is 15. The molecule has 2 fully saturated rings. The number of ether oxygens (including phenoxy) is 4. The number of nitrogens with one attached hydrogen (secondary N) is 1. The van der Waals surface area contributed by atoms with Gasteiger partial charge in [0.05, 0.1) is 44.2 Å². The number of nitriles is 1. The lowest BCUT2D eigenvalue weighted by molar-refractivity contribution is 0.00502. The first-order valence-electron chi connectivity index (χ1n) is 17.4. The Hall–Kier alpha value is -4.46. The molecule has 15 nitrogen and oxygen atoms in total. The zero-order chi connectivity index (χ0) is 34.9. The molecule has 1 N–H and O–H groups in total. The number of hydrogen-bond acceptors (Lipinski definition) is 13. The van der Waals surface area contributed by atoms with Crippen molar-refractivity contribution in [1.82, 2.24) is 44.9 Å². The molecule has 50 heavy (non-hydrogen) atoms. The number of morpholine rings is 1. The SMILES string of the molecule is BC(B)(B)OCCCOc1nn([C@H]2CC[C@H](N3CCOCC3)CC2)cc1Nc1ncc(-c2ccc(C#N)c(O[C@@H](C)Cn3cnnn3)c2)cn1. The Morgan fingerprint density at radius 2 is 1.82 bits per heavy atom. The molecule has 0 bridgehead atoms. The van der Waals surface area contributed by atoms with E-state index in [1.165, 1.54) is 6.33 Å². The molecule has 0 radical (unpaired) electrons. The number of anilines is 2. The Labute approximate surface area is 295 Å². The molecule has 260 valence electrons. The minimum atomic E-state index is -0.271. The maximum absolute atomic E-state index is 9.68. The summed E-state index contributed by atoms with van der Waals surface area (Å²) in [6.07, 6.45) is 11.9. The fourth-order valence-corrected chi connectivity index (χ4v) is 6.33. The lowest BCUT2D eigenvalue weighted by atomic mass is 9.52. The Bertz CT molecular complexity index is 1700. The lowest BCUT2D eigenvalue weighted by Gasteiger charge is -2.38. The number of tetrazole rings is 1. The zero-order valence-electron chi connectivity index (χ0n) is 29.4. The van der Waals surface area contributed by atoms with Gasteiger partial charge in [0.15, 0.2) is 0 Å². The smallest absolute Gasteiger partial charge is 0.256 e. The van der Waals surface area contributed by atoms with Crippen molar-refractivity contribution in [2.75, 3.05) is 44.8 Å². The van der Waals surface area contributed by atoms with Crippen LogP contribution in [-0.4, -0.2) is 125 Å². The van der Waals surface area contributed by atoms with Crippen LogP contribution in [0.25, 0.3) is 11.1 Å². The fraction of sp³-hybridized carbons (Fsp3) is 0.531. The summed E-state index contributed by atoms with van der Waals surface area (Å²) in [6, 6.07) is 8.52. The number of hydrogen-bond donors (Lipinski definition) is 1. The van der Waals surface area contributed by atoms with Crippen molar-refractivity contribution < 1.29 is 18.9 Å². The molecule has 1 aliphatic heterocycles. The predicted octanol–water partition coefficient (Wildman–Crippen LogP) is 0.521. The van der Waals surface area contributed by atoms with Gasteiger partial charge in [-0.1, -0.05) is 6.07 Å². The van der Waals surface area contributed by atoms with Crippen molar-refractivity contribution >= 4 is 35.2 Å². The predicted molar refractivity (Wildman–Crippen MR) is 194 cm³/mol. The van der Waals surface area contributed by atoms with Crippen LogP contribution in [0, 0.1) is 11.3 Å². The average Bonchev–Trinajstić information content (AvgIpc) is 3.78. The Morgan fingerprint density at radius 1 is 1.06 bits per heavy atom. The zero-order valence-corrected chi connectivity index (χ0v) is 29.4. The quantitative estimate of drug-likeness (QED) is 0.137. The summed E-state index contributed by atoms with van der Waals surface area (Å²) in [4.78, 5) is 11.8. The van der Waals surface area contributed by atoms with E-state index in [0.29, 0.717) is 55.0 Å². The standard InChI is InChI=1S/C32H44B3N11O4/c1-22(19-45-21-39-42-43-45)50-29-15-23(3-4-24(29)16-36)25-17-37-31(38-18-25)40-28-20-46(41-30(28)48-11-2-12-49-32(33,34)35)27-7-5-26(6-8-27)44-9-13-47-14-10-44/h3-4,15,17-18,20-22,26-27H,2,5-14,19,33-35H2,1H3,(H,37,38,40)/t22-,26-,27-/m0/s1. The number of benzene rings is 1. The van der Waals surface area contributed by atoms with E-state index in [2.05, 4.69) is 41.8 Å². The molecular formula is C32H44B3N11O4. The van der Waals surface area contributed by atoms with Crippen LogP contribution in [0.5, 0.6) is 11.6 Å². The number of nitrogens with zero attached hydrogens (tertiary/aromatic N) is 10. The molecule has 0 amide bonds. The third-order valence-corrected chi connectivity index (χ3v) is 8.86. The first-order chi connectivity index (χ1) is 24.2. The van der Waals surface area contributed by atoms with Gasteiger partial charge >= 0.3 is 0 Å². The van der Waals surface area contributed by atoms with Crippen molar-refractivity contribution in [3.63, 3.8) is 0 Å². The Balaban J connectivity index is 1.13. The van der Waals surface area contributed by atoms with Crippen LogP contribution >= 0.6 is 0 Å². The molecule has 2 aliphatic rings. The van der Waals surface area contributed by atoms with Gasteiger partial charge in [-0.2, -0.15) is 5.26 Å². The van der Waals surface area contributed by atoms with E-state index >= 15 is 0 Å². The van der Waals surface area contributed by atoms with Crippen molar-refractivity contribution in [2.45, 2.75) is 69.1 Å². The van der Waals surface area contributed by atoms with E-state index < -0.39 is 0 Å². The van der Waals surface area contributed by atoms with E-state index in [9.17, 15) is 5.26 Å². The second kappa shape index (κ2) is 16.5. The number of aromatic nitrogens is 8. The van der Waals surface area contributed by atoms with Gasteiger partial charge in [0.1, 0.15) is 53.5 Å². The van der Waals surface area contributed by atoms with E-state index in [-0.39, 0.29) is 11.4 Å². The first-order valence-corrected chi connectivity index (χ1v) is 17.4. The molecule has 18 heteroatoms. The molecule has 0 unspecified atom stereocenters. The largest absolute Gasteiger partial charge is 0.487 e. The summed E-state index contributed by atoms with van der Waals surface area (Å²) in [7, 11) is 6.14. The summed E-state index contributed by atoms with van der Waals surface area (Å²) < 4.78 is 27.4. The minimum Gasteiger partial charge on any atom is -0.487 e. The molecule has 1 aromatic carbocycles. The first kappa shape index (κ1) is 35.4. The summed E-state index contributed by atoms with van der Waals surface area (Å²) in [5, 5.41) is 28.9. The van der Waals surface area contributed by atoms with Crippen molar-refractivity contribution in [3.8, 4) is 28.8 Å². The Kier molecular flexibility index (Phi) is 11.7. The maximum atomic E-state index is 9.68. The average molecular weight is 679 g/mol. The summed E-state index contributed by atoms with van der Waals surface area (Å²) in [6.45, 7) is 7.09. The molecule has 6 rings (SSSR count). The van der Waals surface area contributed by atoms with Crippen LogP contribution in [0.4, 0.5) is 11.6 Å². The second-order valence-corrected chi connectivity index (χ2v) is 13.8. The van der Waals surface area contributed by atoms with Crippen LogP contribution < -0.4 is 14.8 Å². The maximum Gasteiger partial charge on any atom is 0.256 e. The second-order valence-electron chi connectivity index (χ2n) is 13.8. The molecule has 3 aromatic heterocycles. The molecular weight excluding hydrogens is 635 g/mol. The topological polar surface area (TPSA) is 163 Å². The highest BCUT2D eigenvalue weighted by Gasteiger charge is 2.29. The van der Waals surface area contributed by atoms with Gasteiger partial charge in [0, 0.05) is 50.1 Å². The lowest BCUT2D eigenvalue weighted by Crippen LogP contribution is -2.45. The van der Waals surface area contributed by atoms with Crippen LogP contribution in [0.3, 0.4) is 0 Å². The van der Waals surface area contributed by atoms with Crippen molar-refractivity contribution in [3.05, 3.63) is 48.7 Å². The minimum absolute atomic E-state index is 0.195. The van der Waals surface area contributed by atoms with Gasteiger partial charge in [-0.25, -0.2) is 14.6 Å². The van der Waals surface area contributed by atoms with Gasteiger partial charge in [0.25, 0.3) is 5.88 Å². The van der Waals surface area contributed by atoms with Crippen molar-refractivity contribution in [2.24, 2.45) is 0 Å². The van der Waals surface area contributed by atoms with Crippen LogP contribution in [-0.2, 0) is 16.0 Å². The summed E-state index contributed by atoms with van der Waals surface area (Å²) in [5.74, 6) is 1.41. The fourth-order valence-electron chi connectivity index (χ4n) is 6.33. The van der Waals surface area contributed by atoms with E-state index in [1.54, 1.807) is 23.1 Å². The highest BCUT2D eigenvalue weighted by molar-refractivity contribution is 6.58. The molecule has 4 heterocycles. The third kappa shape index (κ3) is 9.61. The van der Waals surface area contributed by atoms with Crippen LogP contribution in [0.2, 0.25) is 0 Å². The van der Waals surface area contributed by atoms with E-state index in [4.69, 9.17) is 24.0 Å². The molecule has 1 aliphatic carbocycles. The molecule has 0 spiro atoms. The molecule has 1 saturated carbocycles. The van der Waals surface area contributed by atoms with Gasteiger partial charge in [0.2, 0.25) is 5.95 Å². The highest BCUT2D eigenvalue weighted by atomic mass is 16.5. The molecule has 1 saturated heterocycles. The van der Waals surface area contributed by atoms with Crippen LogP contribution in [0.1, 0.15) is 50.6 Å². The van der Waals surface area contributed by atoms with Gasteiger partial charge < -0.3 is 24.3 Å². The van der Waals surface area contributed by atoms with Gasteiger partial charge in [-0.15, -0.1) is 10.2 Å².